The first-order chi connectivity index (χ1) is 12.8. The molecule has 1 saturated heterocycles. The number of anilines is 1. The molecule has 0 aromatic heterocycles. The molecule has 0 amide bonds. The van der Waals surface area contributed by atoms with E-state index in [1.807, 2.05) is 38.1 Å². The Bertz CT molecular complexity index is 864. The highest BCUT2D eigenvalue weighted by atomic mass is 35.5. The van der Waals surface area contributed by atoms with Crippen molar-refractivity contribution in [3.05, 3.63) is 59.6 Å². The number of halogens is 1. The minimum absolute atomic E-state index is 0.295. The maximum Gasteiger partial charge on any atom is 0.241 e. The topological polar surface area (TPSA) is 52.6 Å². The van der Waals surface area contributed by atoms with Crippen LogP contribution in [0.2, 0.25) is 5.02 Å². The van der Waals surface area contributed by atoms with E-state index < -0.39 is 15.6 Å². The summed E-state index contributed by atoms with van der Waals surface area (Å²) in [4.78, 5) is 4.90. The van der Waals surface area contributed by atoms with Crippen molar-refractivity contribution in [2.45, 2.75) is 24.3 Å². The quantitative estimate of drug-likeness (QED) is 0.798. The zero-order valence-electron chi connectivity index (χ0n) is 15.7. The summed E-state index contributed by atoms with van der Waals surface area (Å²) < 4.78 is 28.1. The molecule has 1 N–H and O–H groups in total. The van der Waals surface area contributed by atoms with Crippen LogP contribution in [0.25, 0.3) is 0 Å². The first-order valence-corrected chi connectivity index (χ1v) is 10.9. The molecule has 2 aromatic carbocycles. The van der Waals surface area contributed by atoms with E-state index in [-0.39, 0.29) is 0 Å². The molecule has 1 heterocycles. The SMILES string of the molecule is CC(C)(CN1CCN(c2cccc(Cl)c2)CC1)NS(=O)(=O)c1ccccc1. The van der Waals surface area contributed by atoms with Crippen molar-refractivity contribution in [3.8, 4) is 0 Å². The fourth-order valence-corrected chi connectivity index (χ4v) is 5.06. The third-order valence-electron chi connectivity index (χ3n) is 4.63. The second kappa shape index (κ2) is 8.19. The fraction of sp³-hybridized carbons (Fsp3) is 0.400. The summed E-state index contributed by atoms with van der Waals surface area (Å²) in [6.45, 7) is 8.05. The van der Waals surface area contributed by atoms with E-state index in [9.17, 15) is 8.42 Å². The number of nitrogens with one attached hydrogen (secondary N) is 1. The van der Waals surface area contributed by atoms with E-state index in [1.165, 1.54) is 0 Å². The summed E-state index contributed by atoms with van der Waals surface area (Å²) in [5.41, 5.74) is 0.568. The zero-order chi connectivity index (χ0) is 19.5. The van der Waals surface area contributed by atoms with Gasteiger partial charge in [-0.2, -0.15) is 0 Å². The maximum atomic E-state index is 12.6. The van der Waals surface area contributed by atoms with Gasteiger partial charge in [-0.3, -0.25) is 4.90 Å². The lowest BCUT2D eigenvalue weighted by atomic mass is 10.1. The number of nitrogens with zero attached hydrogens (tertiary/aromatic N) is 2. The van der Waals surface area contributed by atoms with Gasteiger partial charge in [-0.1, -0.05) is 35.9 Å². The minimum atomic E-state index is -3.53. The van der Waals surface area contributed by atoms with Crippen molar-refractivity contribution in [1.29, 1.82) is 0 Å². The summed E-state index contributed by atoms with van der Waals surface area (Å²) in [6.07, 6.45) is 0. The molecule has 1 aliphatic heterocycles. The molecular weight excluding hydrogens is 382 g/mol. The lowest BCUT2D eigenvalue weighted by Gasteiger charge is -2.40. The van der Waals surface area contributed by atoms with Gasteiger partial charge >= 0.3 is 0 Å². The standard InChI is InChI=1S/C20H26ClN3O2S/c1-20(2,22-27(25,26)19-9-4-3-5-10-19)16-23-11-13-24(14-12-23)18-8-6-7-17(21)15-18/h3-10,15,22H,11-14,16H2,1-2H3. The number of sulfonamides is 1. The Kier molecular flexibility index (Phi) is 6.11. The Balaban J connectivity index is 1.57. The van der Waals surface area contributed by atoms with Crippen molar-refractivity contribution in [1.82, 2.24) is 9.62 Å². The third-order valence-corrected chi connectivity index (χ3v) is 6.58. The maximum absolute atomic E-state index is 12.6. The normalized spacial score (nSPS) is 16.5. The van der Waals surface area contributed by atoms with Crippen LogP contribution in [0.5, 0.6) is 0 Å². The molecule has 0 spiro atoms. The Morgan fingerprint density at radius 3 is 2.30 bits per heavy atom. The Morgan fingerprint density at radius 1 is 1.00 bits per heavy atom. The lowest BCUT2D eigenvalue weighted by molar-refractivity contribution is 0.205. The van der Waals surface area contributed by atoms with Gasteiger partial charge in [0.05, 0.1) is 4.90 Å². The van der Waals surface area contributed by atoms with Crippen LogP contribution < -0.4 is 9.62 Å². The van der Waals surface area contributed by atoms with E-state index in [2.05, 4.69) is 20.6 Å². The van der Waals surface area contributed by atoms with Crippen LogP contribution in [0.15, 0.2) is 59.5 Å². The molecular formula is C20H26ClN3O2S. The van der Waals surface area contributed by atoms with E-state index in [0.717, 1.165) is 36.9 Å². The highest BCUT2D eigenvalue weighted by Gasteiger charge is 2.29. The number of piperazine rings is 1. The average Bonchev–Trinajstić information content (AvgIpc) is 2.62. The predicted molar refractivity (Wildman–Crippen MR) is 111 cm³/mol. The Morgan fingerprint density at radius 2 is 1.67 bits per heavy atom. The summed E-state index contributed by atoms with van der Waals surface area (Å²) in [6, 6.07) is 16.4. The second-order valence-corrected chi connectivity index (χ2v) is 9.66. The molecule has 0 bridgehead atoms. The van der Waals surface area contributed by atoms with Crippen molar-refractivity contribution in [2.75, 3.05) is 37.6 Å². The highest BCUT2D eigenvalue weighted by molar-refractivity contribution is 7.89. The average molecular weight is 408 g/mol. The molecule has 0 radical (unpaired) electrons. The number of benzene rings is 2. The number of hydrogen-bond acceptors (Lipinski definition) is 4. The highest BCUT2D eigenvalue weighted by Crippen LogP contribution is 2.21. The molecule has 146 valence electrons. The summed E-state index contributed by atoms with van der Waals surface area (Å²) in [5, 5.41) is 0.742. The lowest BCUT2D eigenvalue weighted by Crippen LogP contribution is -2.55. The van der Waals surface area contributed by atoms with Gasteiger partial charge in [-0.25, -0.2) is 13.1 Å². The first kappa shape index (κ1) is 20.1. The van der Waals surface area contributed by atoms with Gasteiger partial charge in [0.15, 0.2) is 0 Å². The predicted octanol–water partition coefficient (Wildman–Crippen LogP) is 3.22. The smallest absolute Gasteiger partial charge is 0.241 e. The van der Waals surface area contributed by atoms with E-state index in [4.69, 9.17) is 11.6 Å². The third kappa shape index (κ3) is 5.45. The van der Waals surface area contributed by atoms with Gasteiger partial charge in [0.2, 0.25) is 10.0 Å². The van der Waals surface area contributed by atoms with Crippen molar-refractivity contribution < 1.29 is 8.42 Å². The summed E-state index contributed by atoms with van der Waals surface area (Å²) >= 11 is 6.09. The molecule has 0 unspecified atom stereocenters. The first-order valence-electron chi connectivity index (χ1n) is 9.07. The van der Waals surface area contributed by atoms with E-state index >= 15 is 0 Å². The summed E-state index contributed by atoms with van der Waals surface area (Å²) in [7, 11) is -3.53. The molecule has 0 aliphatic carbocycles. The minimum Gasteiger partial charge on any atom is -0.369 e. The second-order valence-electron chi connectivity index (χ2n) is 7.55. The van der Waals surface area contributed by atoms with Crippen LogP contribution in [-0.2, 0) is 10.0 Å². The van der Waals surface area contributed by atoms with Crippen LogP contribution >= 0.6 is 11.6 Å². The molecule has 5 nitrogen and oxygen atoms in total. The Hall–Kier alpha value is -1.60. The van der Waals surface area contributed by atoms with Crippen LogP contribution in [0, 0.1) is 0 Å². The van der Waals surface area contributed by atoms with Crippen molar-refractivity contribution >= 4 is 27.3 Å². The summed E-state index contributed by atoms with van der Waals surface area (Å²) in [5.74, 6) is 0. The molecule has 7 heteroatoms. The Labute approximate surface area is 167 Å². The van der Waals surface area contributed by atoms with Gasteiger partial charge in [-0.15, -0.1) is 0 Å². The zero-order valence-corrected chi connectivity index (χ0v) is 17.3. The van der Waals surface area contributed by atoms with Crippen molar-refractivity contribution in [3.63, 3.8) is 0 Å². The number of hydrogen-bond donors (Lipinski definition) is 1. The molecule has 27 heavy (non-hydrogen) atoms. The fourth-order valence-electron chi connectivity index (χ4n) is 3.45. The molecule has 0 atom stereocenters. The van der Waals surface area contributed by atoms with Gasteiger partial charge in [-0.05, 0) is 44.2 Å². The molecule has 1 aliphatic rings. The van der Waals surface area contributed by atoms with Gasteiger partial charge in [0.25, 0.3) is 0 Å². The van der Waals surface area contributed by atoms with E-state index in [1.54, 1.807) is 24.3 Å². The van der Waals surface area contributed by atoms with Crippen LogP contribution in [-0.4, -0.2) is 51.6 Å². The van der Waals surface area contributed by atoms with E-state index in [0.29, 0.717) is 11.4 Å². The van der Waals surface area contributed by atoms with Gasteiger partial charge in [0.1, 0.15) is 0 Å². The van der Waals surface area contributed by atoms with Crippen LogP contribution in [0.3, 0.4) is 0 Å². The van der Waals surface area contributed by atoms with Crippen LogP contribution in [0.1, 0.15) is 13.8 Å². The molecule has 2 aromatic rings. The van der Waals surface area contributed by atoms with Gasteiger partial charge in [0, 0.05) is 49.0 Å². The van der Waals surface area contributed by atoms with Gasteiger partial charge < -0.3 is 4.90 Å². The molecule has 0 saturated carbocycles. The van der Waals surface area contributed by atoms with Crippen molar-refractivity contribution in [2.24, 2.45) is 0 Å². The largest absolute Gasteiger partial charge is 0.369 e. The molecule has 1 fully saturated rings. The molecule has 3 rings (SSSR count). The monoisotopic (exact) mass is 407 g/mol. The number of rotatable bonds is 6. The van der Waals surface area contributed by atoms with Crippen LogP contribution in [0.4, 0.5) is 5.69 Å².